The van der Waals surface area contributed by atoms with Gasteiger partial charge in [0, 0.05) is 6.54 Å². The SMILES string of the molecule is O=C(CSc1nc2ccccc2c(=O)n1CCc1ccccc1)Nc1ccccc1C(=O)O. The van der Waals surface area contributed by atoms with Gasteiger partial charge in [0.25, 0.3) is 5.56 Å². The van der Waals surface area contributed by atoms with Crippen LogP contribution in [0.25, 0.3) is 10.9 Å². The number of hydrogen-bond acceptors (Lipinski definition) is 5. The Morgan fingerprint density at radius 3 is 2.42 bits per heavy atom. The van der Waals surface area contributed by atoms with E-state index in [9.17, 15) is 19.5 Å². The molecule has 1 amide bonds. The topological polar surface area (TPSA) is 101 Å². The van der Waals surface area contributed by atoms with Crippen molar-refractivity contribution >= 4 is 40.2 Å². The third-order valence-electron chi connectivity index (χ3n) is 5.06. The smallest absolute Gasteiger partial charge is 0.337 e. The van der Waals surface area contributed by atoms with Crippen LogP contribution in [0.4, 0.5) is 5.69 Å². The number of carbonyl (C=O) groups excluding carboxylic acids is 1. The lowest BCUT2D eigenvalue weighted by Crippen LogP contribution is -2.25. The van der Waals surface area contributed by atoms with Gasteiger partial charge in [-0.05, 0) is 36.2 Å². The molecule has 4 aromatic rings. The summed E-state index contributed by atoms with van der Waals surface area (Å²) in [5.74, 6) is -1.53. The van der Waals surface area contributed by atoms with Crippen molar-refractivity contribution in [1.29, 1.82) is 0 Å². The number of aromatic carboxylic acids is 1. The predicted octanol–water partition coefficient (Wildman–Crippen LogP) is 4.07. The van der Waals surface area contributed by atoms with Crippen molar-refractivity contribution in [3.63, 3.8) is 0 Å². The van der Waals surface area contributed by atoms with Crippen LogP contribution in [-0.4, -0.2) is 32.3 Å². The zero-order chi connectivity index (χ0) is 23.2. The number of carboxylic acid groups (broad SMARTS) is 1. The van der Waals surface area contributed by atoms with Gasteiger partial charge >= 0.3 is 5.97 Å². The summed E-state index contributed by atoms with van der Waals surface area (Å²) in [6.07, 6.45) is 0.645. The van der Waals surface area contributed by atoms with Crippen molar-refractivity contribution in [3.8, 4) is 0 Å². The minimum Gasteiger partial charge on any atom is -0.478 e. The minimum absolute atomic E-state index is 0.0134. The normalized spacial score (nSPS) is 10.8. The molecule has 0 aliphatic carbocycles. The van der Waals surface area contributed by atoms with E-state index in [0.717, 1.165) is 17.3 Å². The van der Waals surface area contributed by atoms with E-state index in [0.29, 0.717) is 29.0 Å². The van der Waals surface area contributed by atoms with Gasteiger partial charge in [-0.3, -0.25) is 14.2 Å². The Balaban J connectivity index is 1.56. The number of hydrogen-bond donors (Lipinski definition) is 2. The van der Waals surface area contributed by atoms with Gasteiger partial charge in [0.2, 0.25) is 5.91 Å². The fraction of sp³-hybridized carbons (Fsp3) is 0.120. The lowest BCUT2D eigenvalue weighted by Gasteiger charge is -2.13. The first kappa shape index (κ1) is 22.3. The number of para-hydroxylation sites is 2. The van der Waals surface area contributed by atoms with Crippen molar-refractivity contribution in [1.82, 2.24) is 9.55 Å². The van der Waals surface area contributed by atoms with E-state index >= 15 is 0 Å². The van der Waals surface area contributed by atoms with Gasteiger partial charge in [0.1, 0.15) is 0 Å². The summed E-state index contributed by atoms with van der Waals surface area (Å²) in [6, 6.07) is 23.2. The van der Waals surface area contributed by atoms with Crippen LogP contribution >= 0.6 is 11.8 Å². The first-order chi connectivity index (χ1) is 16.0. The number of nitrogens with one attached hydrogen (secondary N) is 1. The molecule has 1 aromatic heterocycles. The minimum atomic E-state index is -1.12. The summed E-state index contributed by atoms with van der Waals surface area (Å²) in [5.41, 5.74) is 1.74. The number of thioether (sulfide) groups is 1. The van der Waals surface area contributed by atoms with Crippen molar-refractivity contribution < 1.29 is 14.7 Å². The van der Waals surface area contributed by atoms with Crippen LogP contribution in [0.2, 0.25) is 0 Å². The second-order valence-electron chi connectivity index (χ2n) is 7.29. The molecule has 0 atom stereocenters. The van der Waals surface area contributed by atoms with E-state index in [4.69, 9.17) is 0 Å². The standard InChI is InChI=1S/C25H21N3O4S/c29-22(26-21-13-7-5-11-19(21)24(31)32)16-33-25-27-20-12-6-4-10-18(20)23(30)28(25)15-14-17-8-2-1-3-9-17/h1-13H,14-16H2,(H,26,29)(H,31,32). The fourth-order valence-electron chi connectivity index (χ4n) is 3.44. The average molecular weight is 460 g/mol. The van der Waals surface area contributed by atoms with E-state index in [2.05, 4.69) is 10.3 Å². The summed E-state index contributed by atoms with van der Waals surface area (Å²) < 4.78 is 1.60. The largest absolute Gasteiger partial charge is 0.478 e. The van der Waals surface area contributed by atoms with Crippen LogP contribution in [0.3, 0.4) is 0 Å². The van der Waals surface area contributed by atoms with E-state index in [-0.39, 0.29) is 28.5 Å². The zero-order valence-corrected chi connectivity index (χ0v) is 18.4. The Hall–Kier alpha value is -3.91. The van der Waals surface area contributed by atoms with Gasteiger partial charge in [0.15, 0.2) is 5.16 Å². The number of benzene rings is 3. The second-order valence-corrected chi connectivity index (χ2v) is 8.23. The maximum atomic E-state index is 13.2. The number of aromatic nitrogens is 2. The molecule has 0 saturated heterocycles. The van der Waals surface area contributed by atoms with Crippen LogP contribution in [-0.2, 0) is 17.8 Å². The Morgan fingerprint density at radius 2 is 1.64 bits per heavy atom. The van der Waals surface area contributed by atoms with Gasteiger partial charge in [-0.25, -0.2) is 9.78 Å². The number of amides is 1. The Kier molecular flexibility index (Phi) is 6.85. The summed E-state index contributed by atoms with van der Waals surface area (Å²) in [7, 11) is 0. The lowest BCUT2D eigenvalue weighted by atomic mass is 10.1. The molecular formula is C25H21N3O4S. The molecule has 0 aliphatic rings. The molecule has 7 nitrogen and oxygen atoms in total. The predicted molar refractivity (Wildman–Crippen MR) is 129 cm³/mol. The molecule has 0 bridgehead atoms. The molecule has 166 valence electrons. The van der Waals surface area contributed by atoms with E-state index in [1.54, 1.807) is 34.9 Å². The van der Waals surface area contributed by atoms with E-state index in [1.165, 1.54) is 12.1 Å². The van der Waals surface area contributed by atoms with Gasteiger partial charge in [-0.1, -0.05) is 66.4 Å². The highest BCUT2D eigenvalue weighted by Crippen LogP contribution is 2.20. The maximum absolute atomic E-state index is 13.2. The molecule has 0 unspecified atom stereocenters. The molecule has 1 heterocycles. The number of rotatable bonds is 8. The molecule has 0 aliphatic heterocycles. The highest BCUT2D eigenvalue weighted by Gasteiger charge is 2.15. The lowest BCUT2D eigenvalue weighted by molar-refractivity contribution is -0.113. The van der Waals surface area contributed by atoms with Crippen molar-refractivity contribution in [3.05, 3.63) is 100 Å². The van der Waals surface area contributed by atoms with E-state index < -0.39 is 5.97 Å². The van der Waals surface area contributed by atoms with Crippen LogP contribution in [0.15, 0.2) is 88.8 Å². The molecule has 2 N–H and O–H groups in total. The van der Waals surface area contributed by atoms with Crippen LogP contribution in [0.1, 0.15) is 15.9 Å². The molecule has 0 radical (unpaired) electrons. The zero-order valence-electron chi connectivity index (χ0n) is 17.6. The van der Waals surface area contributed by atoms with Crippen LogP contribution in [0.5, 0.6) is 0 Å². The molecule has 8 heteroatoms. The maximum Gasteiger partial charge on any atom is 0.337 e. The fourth-order valence-corrected chi connectivity index (χ4v) is 4.26. The molecule has 4 rings (SSSR count). The molecule has 33 heavy (non-hydrogen) atoms. The van der Waals surface area contributed by atoms with Crippen LogP contribution in [0, 0.1) is 0 Å². The first-order valence-corrected chi connectivity index (χ1v) is 11.3. The summed E-state index contributed by atoms with van der Waals surface area (Å²) in [6.45, 7) is 0.423. The molecule has 0 saturated carbocycles. The number of aryl methyl sites for hydroxylation is 1. The average Bonchev–Trinajstić information content (AvgIpc) is 2.83. The third-order valence-corrected chi connectivity index (χ3v) is 6.03. The van der Waals surface area contributed by atoms with Crippen LogP contribution < -0.4 is 10.9 Å². The summed E-state index contributed by atoms with van der Waals surface area (Å²) >= 11 is 1.15. The molecule has 0 spiro atoms. The quantitative estimate of drug-likeness (QED) is 0.304. The third kappa shape index (κ3) is 5.30. The number of nitrogens with zero attached hydrogens (tertiary/aromatic N) is 2. The first-order valence-electron chi connectivity index (χ1n) is 10.3. The van der Waals surface area contributed by atoms with Gasteiger partial charge < -0.3 is 10.4 Å². The van der Waals surface area contributed by atoms with Crippen molar-refractivity contribution in [2.45, 2.75) is 18.1 Å². The number of fused-ring (bicyclic) bond motifs is 1. The Bertz CT molecular complexity index is 1370. The molecule has 3 aromatic carbocycles. The second kappa shape index (κ2) is 10.1. The highest BCUT2D eigenvalue weighted by molar-refractivity contribution is 7.99. The molecular weight excluding hydrogens is 438 g/mol. The van der Waals surface area contributed by atoms with E-state index in [1.807, 2.05) is 36.4 Å². The van der Waals surface area contributed by atoms with Gasteiger partial charge in [-0.15, -0.1) is 0 Å². The number of carbonyl (C=O) groups is 2. The Morgan fingerprint density at radius 1 is 0.939 bits per heavy atom. The van der Waals surface area contributed by atoms with Gasteiger partial charge in [-0.2, -0.15) is 0 Å². The van der Waals surface area contributed by atoms with Gasteiger partial charge in [0.05, 0.1) is 27.9 Å². The summed E-state index contributed by atoms with van der Waals surface area (Å²) in [5, 5.41) is 12.9. The summed E-state index contributed by atoms with van der Waals surface area (Å²) in [4.78, 5) is 41.7. The van der Waals surface area contributed by atoms with Crippen molar-refractivity contribution in [2.75, 3.05) is 11.1 Å². The highest BCUT2D eigenvalue weighted by atomic mass is 32.2. The molecule has 0 fully saturated rings. The monoisotopic (exact) mass is 459 g/mol. The van der Waals surface area contributed by atoms with Crippen molar-refractivity contribution in [2.24, 2.45) is 0 Å². The number of carboxylic acids is 1. The number of anilines is 1. The Labute approximate surface area is 194 Å².